The zero-order valence-electron chi connectivity index (χ0n) is 13.3. The van der Waals surface area contributed by atoms with E-state index in [1.165, 1.54) is 0 Å². The number of amides is 1. The van der Waals surface area contributed by atoms with Crippen molar-refractivity contribution in [3.63, 3.8) is 0 Å². The van der Waals surface area contributed by atoms with E-state index < -0.39 is 5.97 Å². The highest BCUT2D eigenvalue weighted by atomic mass is 16.4. The molecule has 0 aromatic heterocycles. The van der Waals surface area contributed by atoms with E-state index in [4.69, 9.17) is 5.11 Å². The normalized spacial score (nSPS) is 21.6. The summed E-state index contributed by atoms with van der Waals surface area (Å²) < 4.78 is 0. The number of hydrogen-bond acceptors (Lipinski definition) is 2. The fourth-order valence-corrected chi connectivity index (χ4v) is 2.55. The van der Waals surface area contributed by atoms with Crippen molar-refractivity contribution in [3.05, 3.63) is 0 Å². The van der Waals surface area contributed by atoms with Gasteiger partial charge in [0.1, 0.15) is 0 Å². The number of carbonyl (C=O) groups is 2. The van der Waals surface area contributed by atoms with Crippen molar-refractivity contribution < 1.29 is 14.7 Å². The van der Waals surface area contributed by atoms with Crippen molar-refractivity contribution in [3.8, 4) is 0 Å². The number of aliphatic carboxylic acids is 1. The van der Waals surface area contributed by atoms with Gasteiger partial charge >= 0.3 is 5.97 Å². The molecule has 1 heterocycles. The van der Waals surface area contributed by atoms with Crippen LogP contribution in [0.1, 0.15) is 59.8 Å². The Morgan fingerprint density at radius 2 is 2.00 bits per heavy atom. The molecule has 1 rings (SSSR count). The van der Waals surface area contributed by atoms with Gasteiger partial charge in [0.15, 0.2) is 0 Å². The van der Waals surface area contributed by atoms with Crippen molar-refractivity contribution in [2.45, 2.75) is 59.8 Å². The van der Waals surface area contributed by atoms with E-state index in [9.17, 15) is 9.59 Å². The lowest BCUT2D eigenvalue weighted by Crippen LogP contribution is -2.41. The molecule has 0 aromatic carbocycles. The lowest BCUT2D eigenvalue weighted by Gasteiger charge is -2.35. The van der Waals surface area contributed by atoms with E-state index in [0.717, 1.165) is 25.9 Å². The van der Waals surface area contributed by atoms with Gasteiger partial charge in [-0.2, -0.15) is 0 Å². The Hall–Kier alpha value is -1.06. The Kier molecular flexibility index (Phi) is 6.03. The van der Waals surface area contributed by atoms with Crippen LogP contribution < -0.4 is 0 Å². The Morgan fingerprint density at radius 1 is 1.35 bits per heavy atom. The van der Waals surface area contributed by atoms with Gasteiger partial charge in [-0.25, -0.2) is 0 Å². The average molecular weight is 283 g/mol. The summed E-state index contributed by atoms with van der Waals surface area (Å²) in [6.45, 7) is 10.2. The number of piperidine rings is 1. The zero-order valence-corrected chi connectivity index (χ0v) is 13.3. The summed E-state index contributed by atoms with van der Waals surface area (Å²) in [5.41, 5.74) is 0.147. The number of carboxylic acid groups (broad SMARTS) is 1. The quantitative estimate of drug-likeness (QED) is 0.843. The molecule has 0 saturated carbocycles. The molecule has 0 spiro atoms. The molecule has 20 heavy (non-hydrogen) atoms. The van der Waals surface area contributed by atoms with Crippen LogP contribution in [-0.2, 0) is 9.59 Å². The Morgan fingerprint density at radius 3 is 2.55 bits per heavy atom. The predicted molar refractivity (Wildman–Crippen MR) is 79.4 cm³/mol. The van der Waals surface area contributed by atoms with Gasteiger partial charge in [-0.1, -0.05) is 27.7 Å². The van der Waals surface area contributed by atoms with Gasteiger partial charge in [-0.15, -0.1) is 0 Å². The van der Waals surface area contributed by atoms with Gasteiger partial charge in [0.25, 0.3) is 0 Å². The summed E-state index contributed by atoms with van der Waals surface area (Å²) in [5.74, 6) is 0.199. The van der Waals surface area contributed by atoms with Crippen molar-refractivity contribution >= 4 is 11.9 Å². The molecular weight excluding hydrogens is 254 g/mol. The summed E-state index contributed by atoms with van der Waals surface area (Å²) in [6, 6.07) is 0. The highest BCUT2D eigenvalue weighted by Crippen LogP contribution is 2.29. The number of likely N-dealkylation sites (tertiary alicyclic amines) is 1. The largest absolute Gasteiger partial charge is 0.481 e. The Labute approximate surface area is 122 Å². The minimum atomic E-state index is -0.741. The molecule has 116 valence electrons. The second-order valence-electron chi connectivity index (χ2n) is 7.25. The third-order valence-corrected chi connectivity index (χ3v) is 4.60. The third kappa shape index (κ3) is 5.51. The molecule has 1 N–H and O–H groups in total. The SMILES string of the molecule is CC(CC(=O)N1CCCC(CCC(=O)O)C1)C(C)(C)C. The topological polar surface area (TPSA) is 57.6 Å². The van der Waals surface area contributed by atoms with E-state index >= 15 is 0 Å². The highest BCUT2D eigenvalue weighted by Gasteiger charge is 2.28. The van der Waals surface area contributed by atoms with E-state index in [1.54, 1.807) is 0 Å². The first-order valence-electron chi connectivity index (χ1n) is 7.69. The molecule has 2 atom stereocenters. The molecule has 0 radical (unpaired) electrons. The molecule has 1 aliphatic heterocycles. The van der Waals surface area contributed by atoms with Gasteiger partial charge in [-0.3, -0.25) is 9.59 Å². The van der Waals surface area contributed by atoms with Crippen LogP contribution >= 0.6 is 0 Å². The number of rotatable bonds is 5. The summed E-state index contributed by atoms with van der Waals surface area (Å²) in [7, 11) is 0. The summed E-state index contributed by atoms with van der Waals surface area (Å²) in [4.78, 5) is 24.9. The molecule has 2 unspecified atom stereocenters. The van der Waals surface area contributed by atoms with Crippen molar-refractivity contribution in [2.24, 2.45) is 17.3 Å². The molecule has 4 nitrogen and oxygen atoms in total. The highest BCUT2D eigenvalue weighted by molar-refractivity contribution is 5.76. The number of carboxylic acids is 1. The van der Waals surface area contributed by atoms with Crippen LogP contribution in [0.3, 0.4) is 0 Å². The van der Waals surface area contributed by atoms with Crippen LogP contribution in [0.15, 0.2) is 0 Å². The van der Waals surface area contributed by atoms with Crippen molar-refractivity contribution in [1.29, 1.82) is 0 Å². The first-order chi connectivity index (χ1) is 9.20. The van der Waals surface area contributed by atoms with Crippen LogP contribution in [0.5, 0.6) is 0 Å². The van der Waals surface area contributed by atoms with Crippen LogP contribution in [0, 0.1) is 17.3 Å². The summed E-state index contributed by atoms with van der Waals surface area (Å²) in [5, 5.41) is 8.75. The maximum Gasteiger partial charge on any atom is 0.303 e. The van der Waals surface area contributed by atoms with Gasteiger partial charge < -0.3 is 10.0 Å². The number of hydrogen-bond donors (Lipinski definition) is 1. The van der Waals surface area contributed by atoms with Gasteiger partial charge in [0.2, 0.25) is 5.91 Å². The van der Waals surface area contributed by atoms with Crippen molar-refractivity contribution in [1.82, 2.24) is 4.90 Å². The van der Waals surface area contributed by atoms with E-state index in [1.807, 2.05) is 4.90 Å². The van der Waals surface area contributed by atoms with Crippen LogP contribution in [0.25, 0.3) is 0 Å². The second-order valence-corrected chi connectivity index (χ2v) is 7.25. The van der Waals surface area contributed by atoms with Crippen LogP contribution in [0.4, 0.5) is 0 Å². The second kappa shape index (κ2) is 7.09. The molecule has 1 aliphatic rings. The monoisotopic (exact) mass is 283 g/mol. The average Bonchev–Trinajstić information content (AvgIpc) is 2.35. The number of nitrogens with zero attached hydrogens (tertiary/aromatic N) is 1. The molecular formula is C16H29NO3. The molecule has 0 aliphatic carbocycles. The summed E-state index contributed by atoms with van der Waals surface area (Å²) in [6.07, 6.45) is 3.54. The number of carbonyl (C=O) groups excluding carboxylic acids is 1. The third-order valence-electron chi connectivity index (χ3n) is 4.60. The maximum atomic E-state index is 12.3. The molecule has 4 heteroatoms. The van der Waals surface area contributed by atoms with Gasteiger partial charge in [0, 0.05) is 25.9 Å². The first kappa shape index (κ1) is 17.0. The van der Waals surface area contributed by atoms with E-state index in [2.05, 4.69) is 27.7 Å². The standard InChI is InChI=1S/C16H29NO3/c1-12(16(2,3)4)10-14(18)17-9-5-6-13(11-17)7-8-15(19)20/h12-13H,5-11H2,1-4H3,(H,19,20). The fourth-order valence-electron chi connectivity index (χ4n) is 2.55. The minimum absolute atomic E-state index is 0.147. The first-order valence-corrected chi connectivity index (χ1v) is 7.69. The lowest BCUT2D eigenvalue weighted by atomic mass is 9.80. The van der Waals surface area contributed by atoms with Gasteiger partial charge in [-0.05, 0) is 36.5 Å². The Bertz CT molecular complexity index is 346. The lowest BCUT2D eigenvalue weighted by molar-refractivity contribution is -0.137. The zero-order chi connectivity index (χ0) is 15.3. The minimum Gasteiger partial charge on any atom is -0.481 e. The smallest absolute Gasteiger partial charge is 0.303 e. The Balaban J connectivity index is 2.46. The predicted octanol–water partition coefficient (Wildman–Crippen LogP) is 3.16. The van der Waals surface area contributed by atoms with Crippen LogP contribution in [0.2, 0.25) is 0 Å². The van der Waals surface area contributed by atoms with Crippen molar-refractivity contribution in [2.75, 3.05) is 13.1 Å². The maximum absolute atomic E-state index is 12.3. The molecule has 0 bridgehead atoms. The van der Waals surface area contributed by atoms with E-state index in [0.29, 0.717) is 24.7 Å². The molecule has 1 fully saturated rings. The molecule has 1 saturated heterocycles. The van der Waals surface area contributed by atoms with Crippen LogP contribution in [-0.4, -0.2) is 35.0 Å². The van der Waals surface area contributed by atoms with Gasteiger partial charge in [0.05, 0.1) is 0 Å². The molecule has 1 amide bonds. The fraction of sp³-hybridized carbons (Fsp3) is 0.875. The van der Waals surface area contributed by atoms with E-state index in [-0.39, 0.29) is 17.7 Å². The molecule has 0 aromatic rings. The summed E-state index contributed by atoms with van der Waals surface area (Å²) >= 11 is 0.